The molecule has 0 unspecified atom stereocenters. The van der Waals surface area contributed by atoms with Gasteiger partial charge in [-0.15, -0.1) is 21.5 Å². The SMILES string of the molecule is Cc1nnc(CN2CCC(c3nc(C(C)C)no3)CC2)s1. The zero-order valence-electron chi connectivity index (χ0n) is 12.7. The Morgan fingerprint density at radius 3 is 2.62 bits per heavy atom. The van der Waals surface area contributed by atoms with Crippen LogP contribution in [0.5, 0.6) is 0 Å². The molecule has 1 aliphatic heterocycles. The van der Waals surface area contributed by atoms with Crippen molar-refractivity contribution in [3.63, 3.8) is 0 Å². The summed E-state index contributed by atoms with van der Waals surface area (Å²) in [6.45, 7) is 9.16. The van der Waals surface area contributed by atoms with Gasteiger partial charge < -0.3 is 4.52 Å². The van der Waals surface area contributed by atoms with Gasteiger partial charge >= 0.3 is 0 Å². The van der Waals surface area contributed by atoms with Gasteiger partial charge in [0, 0.05) is 11.8 Å². The molecule has 0 aromatic carbocycles. The van der Waals surface area contributed by atoms with E-state index in [1.807, 2.05) is 6.92 Å². The van der Waals surface area contributed by atoms with Crippen LogP contribution in [-0.2, 0) is 6.54 Å². The molecule has 114 valence electrons. The molecule has 0 bridgehead atoms. The van der Waals surface area contributed by atoms with Gasteiger partial charge in [0.2, 0.25) is 5.89 Å². The highest BCUT2D eigenvalue weighted by Gasteiger charge is 2.26. The molecule has 1 fully saturated rings. The minimum Gasteiger partial charge on any atom is -0.339 e. The molecule has 0 N–H and O–H groups in total. The van der Waals surface area contributed by atoms with E-state index in [0.717, 1.165) is 54.2 Å². The van der Waals surface area contributed by atoms with Gasteiger partial charge in [-0.25, -0.2) is 0 Å². The lowest BCUT2D eigenvalue weighted by Gasteiger charge is -2.29. The third-order valence-corrected chi connectivity index (χ3v) is 4.66. The minimum atomic E-state index is 0.322. The Morgan fingerprint density at radius 1 is 1.29 bits per heavy atom. The molecule has 0 spiro atoms. The monoisotopic (exact) mass is 307 g/mol. The standard InChI is InChI=1S/C14H21N5OS/c1-9(2)13-15-14(20-18-13)11-4-6-19(7-5-11)8-12-17-16-10(3)21-12/h9,11H,4-8H2,1-3H3. The van der Waals surface area contributed by atoms with Crippen LogP contribution in [0.15, 0.2) is 4.52 Å². The van der Waals surface area contributed by atoms with Crippen LogP contribution in [0.2, 0.25) is 0 Å². The highest BCUT2D eigenvalue weighted by molar-refractivity contribution is 7.11. The molecule has 0 amide bonds. The molecule has 0 aliphatic carbocycles. The second-order valence-electron chi connectivity index (χ2n) is 5.91. The van der Waals surface area contributed by atoms with Crippen molar-refractivity contribution in [1.29, 1.82) is 0 Å². The van der Waals surface area contributed by atoms with Crippen LogP contribution in [-0.4, -0.2) is 38.3 Å². The molecular weight excluding hydrogens is 286 g/mol. The van der Waals surface area contributed by atoms with Crippen molar-refractivity contribution in [2.45, 2.75) is 52.0 Å². The van der Waals surface area contributed by atoms with Crippen molar-refractivity contribution in [2.24, 2.45) is 0 Å². The number of nitrogens with zero attached hydrogens (tertiary/aromatic N) is 5. The molecule has 0 radical (unpaired) electrons. The first-order valence-electron chi connectivity index (χ1n) is 7.46. The number of likely N-dealkylation sites (tertiary alicyclic amines) is 1. The third-order valence-electron chi connectivity index (χ3n) is 3.84. The summed E-state index contributed by atoms with van der Waals surface area (Å²) in [5, 5.41) is 14.5. The number of rotatable bonds is 4. The lowest BCUT2D eigenvalue weighted by atomic mass is 9.97. The largest absolute Gasteiger partial charge is 0.339 e. The van der Waals surface area contributed by atoms with E-state index in [4.69, 9.17) is 4.52 Å². The van der Waals surface area contributed by atoms with Gasteiger partial charge in [-0.05, 0) is 32.9 Å². The van der Waals surface area contributed by atoms with Gasteiger partial charge in [0.05, 0.1) is 6.54 Å². The van der Waals surface area contributed by atoms with Gasteiger partial charge in [-0.2, -0.15) is 4.98 Å². The zero-order valence-corrected chi connectivity index (χ0v) is 13.6. The lowest BCUT2D eigenvalue weighted by Crippen LogP contribution is -2.32. The summed E-state index contributed by atoms with van der Waals surface area (Å²) in [5.41, 5.74) is 0. The Labute approximate surface area is 128 Å². The second kappa shape index (κ2) is 6.19. The lowest BCUT2D eigenvalue weighted by molar-refractivity contribution is 0.187. The van der Waals surface area contributed by atoms with Crippen molar-refractivity contribution in [3.8, 4) is 0 Å². The van der Waals surface area contributed by atoms with Crippen molar-refractivity contribution < 1.29 is 4.52 Å². The van der Waals surface area contributed by atoms with E-state index in [1.54, 1.807) is 11.3 Å². The molecule has 6 nitrogen and oxygen atoms in total. The Morgan fingerprint density at radius 2 is 2.05 bits per heavy atom. The van der Waals surface area contributed by atoms with E-state index in [0.29, 0.717) is 11.8 Å². The Kier molecular flexibility index (Phi) is 4.30. The van der Waals surface area contributed by atoms with Crippen molar-refractivity contribution in [3.05, 3.63) is 21.7 Å². The van der Waals surface area contributed by atoms with Crippen LogP contribution in [0.3, 0.4) is 0 Å². The van der Waals surface area contributed by atoms with E-state index in [2.05, 4.69) is 39.1 Å². The molecule has 2 aromatic heterocycles. The highest BCUT2D eigenvalue weighted by Crippen LogP contribution is 2.28. The summed E-state index contributed by atoms with van der Waals surface area (Å²) in [7, 11) is 0. The maximum atomic E-state index is 5.42. The summed E-state index contributed by atoms with van der Waals surface area (Å²) in [4.78, 5) is 6.96. The topological polar surface area (TPSA) is 67.9 Å². The molecule has 1 saturated heterocycles. The fourth-order valence-corrected chi connectivity index (χ4v) is 3.33. The predicted octanol–water partition coefficient (Wildman–Crippen LogP) is 2.73. The summed E-state index contributed by atoms with van der Waals surface area (Å²) in [6.07, 6.45) is 2.13. The normalized spacial score (nSPS) is 17.7. The molecule has 3 heterocycles. The zero-order chi connectivity index (χ0) is 14.8. The van der Waals surface area contributed by atoms with E-state index in [9.17, 15) is 0 Å². The first kappa shape index (κ1) is 14.6. The Hall–Kier alpha value is -1.34. The molecule has 7 heteroatoms. The maximum absolute atomic E-state index is 5.42. The van der Waals surface area contributed by atoms with Crippen LogP contribution in [0.25, 0.3) is 0 Å². The average molecular weight is 307 g/mol. The van der Waals surface area contributed by atoms with Crippen molar-refractivity contribution >= 4 is 11.3 Å². The number of aryl methyl sites for hydroxylation is 1. The molecule has 21 heavy (non-hydrogen) atoms. The van der Waals surface area contributed by atoms with Gasteiger partial charge in [0.1, 0.15) is 10.0 Å². The van der Waals surface area contributed by atoms with E-state index in [-0.39, 0.29) is 0 Å². The molecule has 0 atom stereocenters. The number of hydrogen-bond donors (Lipinski definition) is 0. The number of piperidine rings is 1. The van der Waals surface area contributed by atoms with Crippen LogP contribution in [0.4, 0.5) is 0 Å². The Bertz CT molecular complexity index is 586. The molecule has 2 aromatic rings. The number of hydrogen-bond acceptors (Lipinski definition) is 7. The third kappa shape index (κ3) is 3.47. The molecule has 3 rings (SSSR count). The smallest absolute Gasteiger partial charge is 0.229 e. The fraction of sp³-hybridized carbons (Fsp3) is 0.714. The van der Waals surface area contributed by atoms with Crippen LogP contribution in [0, 0.1) is 6.92 Å². The van der Waals surface area contributed by atoms with Crippen LogP contribution in [0.1, 0.15) is 60.3 Å². The summed E-state index contributed by atoms with van der Waals surface area (Å²) in [6, 6.07) is 0. The quantitative estimate of drug-likeness (QED) is 0.865. The van der Waals surface area contributed by atoms with Gasteiger partial charge in [-0.3, -0.25) is 4.90 Å². The summed E-state index contributed by atoms with van der Waals surface area (Å²) < 4.78 is 5.42. The first-order valence-corrected chi connectivity index (χ1v) is 8.28. The Balaban J connectivity index is 1.54. The van der Waals surface area contributed by atoms with E-state index in [1.165, 1.54) is 0 Å². The van der Waals surface area contributed by atoms with Gasteiger partial charge in [0.25, 0.3) is 0 Å². The van der Waals surface area contributed by atoms with E-state index < -0.39 is 0 Å². The second-order valence-corrected chi connectivity index (χ2v) is 7.18. The molecule has 1 aliphatic rings. The molecule has 0 saturated carbocycles. The number of aromatic nitrogens is 4. The predicted molar refractivity (Wildman–Crippen MR) is 80.3 cm³/mol. The minimum absolute atomic E-state index is 0.322. The van der Waals surface area contributed by atoms with Gasteiger partial charge in [-0.1, -0.05) is 19.0 Å². The molecular formula is C14H21N5OS. The average Bonchev–Trinajstić information content (AvgIpc) is 3.09. The van der Waals surface area contributed by atoms with E-state index >= 15 is 0 Å². The fourth-order valence-electron chi connectivity index (χ4n) is 2.58. The summed E-state index contributed by atoms with van der Waals surface area (Å²) in [5.74, 6) is 2.35. The first-order chi connectivity index (χ1) is 10.1. The highest BCUT2D eigenvalue weighted by atomic mass is 32.1. The van der Waals surface area contributed by atoms with Gasteiger partial charge in [0.15, 0.2) is 5.82 Å². The maximum Gasteiger partial charge on any atom is 0.229 e. The van der Waals surface area contributed by atoms with Crippen LogP contribution >= 0.6 is 11.3 Å². The summed E-state index contributed by atoms with van der Waals surface area (Å²) >= 11 is 1.68. The van der Waals surface area contributed by atoms with Crippen molar-refractivity contribution in [2.75, 3.05) is 13.1 Å². The van der Waals surface area contributed by atoms with Crippen LogP contribution < -0.4 is 0 Å². The van der Waals surface area contributed by atoms with Crippen molar-refractivity contribution in [1.82, 2.24) is 25.2 Å².